The van der Waals surface area contributed by atoms with Crippen molar-refractivity contribution in [3.63, 3.8) is 0 Å². The van der Waals surface area contributed by atoms with E-state index in [0.717, 1.165) is 24.1 Å². The van der Waals surface area contributed by atoms with Crippen molar-refractivity contribution in [1.29, 1.82) is 0 Å². The number of halogens is 1. The predicted molar refractivity (Wildman–Crippen MR) is 102 cm³/mol. The SMILES string of the molecule is CC(=O)N1CCCc2ccc(NC(=O)C(=O)Nc3ccccc3Cl)cc21. The number of carbonyl (C=O) groups is 3. The van der Waals surface area contributed by atoms with Gasteiger partial charge < -0.3 is 15.5 Å². The highest BCUT2D eigenvalue weighted by molar-refractivity contribution is 6.44. The Balaban J connectivity index is 1.73. The summed E-state index contributed by atoms with van der Waals surface area (Å²) in [5.41, 5.74) is 2.64. The number of hydrogen-bond acceptors (Lipinski definition) is 3. The molecule has 1 aliphatic rings. The summed E-state index contributed by atoms with van der Waals surface area (Å²) in [6.45, 7) is 2.16. The average molecular weight is 372 g/mol. The number of benzene rings is 2. The van der Waals surface area contributed by atoms with Crippen molar-refractivity contribution in [3.05, 3.63) is 53.1 Å². The Morgan fingerprint density at radius 3 is 2.50 bits per heavy atom. The minimum atomic E-state index is -0.820. The largest absolute Gasteiger partial charge is 0.318 e. The lowest BCUT2D eigenvalue weighted by molar-refractivity contribution is -0.132. The van der Waals surface area contributed by atoms with Crippen LogP contribution >= 0.6 is 11.6 Å². The van der Waals surface area contributed by atoms with Gasteiger partial charge in [0.25, 0.3) is 0 Å². The van der Waals surface area contributed by atoms with E-state index in [1.54, 1.807) is 41.3 Å². The van der Waals surface area contributed by atoms with Crippen LogP contribution in [0.2, 0.25) is 5.02 Å². The second kappa shape index (κ2) is 7.58. The summed E-state index contributed by atoms with van der Waals surface area (Å²) >= 11 is 5.97. The highest BCUT2D eigenvalue weighted by atomic mass is 35.5. The maximum atomic E-state index is 12.2. The Morgan fingerprint density at radius 1 is 1.04 bits per heavy atom. The van der Waals surface area contributed by atoms with Crippen LogP contribution in [-0.2, 0) is 20.8 Å². The van der Waals surface area contributed by atoms with E-state index >= 15 is 0 Å². The molecule has 0 fully saturated rings. The van der Waals surface area contributed by atoms with Crippen LogP contribution in [0.5, 0.6) is 0 Å². The van der Waals surface area contributed by atoms with Crippen molar-refractivity contribution in [1.82, 2.24) is 0 Å². The van der Waals surface area contributed by atoms with Gasteiger partial charge in [0.1, 0.15) is 0 Å². The molecule has 1 aliphatic heterocycles. The van der Waals surface area contributed by atoms with Crippen molar-refractivity contribution in [2.75, 3.05) is 22.1 Å². The smallest absolute Gasteiger partial charge is 0.314 e. The molecule has 0 radical (unpaired) electrons. The molecule has 134 valence electrons. The minimum absolute atomic E-state index is 0.0501. The van der Waals surface area contributed by atoms with Crippen molar-refractivity contribution < 1.29 is 14.4 Å². The summed E-state index contributed by atoms with van der Waals surface area (Å²) in [7, 11) is 0. The van der Waals surface area contributed by atoms with Crippen molar-refractivity contribution in [3.8, 4) is 0 Å². The zero-order valence-electron chi connectivity index (χ0n) is 14.2. The number of amides is 3. The fourth-order valence-electron chi connectivity index (χ4n) is 2.91. The zero-order chi connectivity index (χ0) is 18.7. The number of anilines is 3. The standard InChI is InChI=1S/C19H18ClN3O3/c1-12(24)23-10-4-5-13-8-9-14(11-17(13)23)21-18(25)19(26)22-16-7-3-2-6-15(16)20/h2-3,6-9,11H,4-5,10H2,1H3,(H,21,25)(H,22,26). The molecule has 0 aromatic heterocycles. The van der Waals surface area contributed by atoms with Gasteiger partial charge in [-0.25, -0.2) is 0 Å². The van der Waals surface area contributed by atoms with Gasteiger partial charge in [-0.2, -0.15) is 0 Å². The molecule has 6 nitrogen and oxygen atoms in total. The molecule has 0 saturated carbocycles. The molecule has 2 aromatic rings. The van der Waals surface area contributed by atoms with Crippen LogP contribution in [0.1, 0.15) is 18.9 Å². The average Bonchev–Trinajstić information content (AvgIpc) is 2.62. The zero-order valence-corrected chi connectivity index (χ0v) is 15.0. The van der Waals surface area contributed by atoms with Gasteiger partial charge in [-0.3, -0.25) is 14.4 Å². The maximum absolute atomic E-state index is 12.2. The third-order valence-electron chi connectivity index (χ3n) is 4.17. The van der Waals surface area contributed by atoms with Crippen LogP contribution in [0.15, 0.2) is 42.5 Å². The number of rotatable bonds is 2. The van der Waals surface area contributed by atoms with Gasteiger partial charge in [0.05, 0.1) is 10.7 Å². The van der Waals surface area contributed by atoms with E-state index in [1.807, 2.05) is 6.07 Å². The van der Waals surface area contributed by atoms with E-state index in [2.05, 4.69) is 10.6 Å². The highest BCUT2D eigenvalue weighted by Crippen LogP contribution is 2.30. The summed E-state index contributed by atoms with van der Waals surface area (Å²) in [6.07, 6.45) is 1.78. The van der Waals surface area contributed by atoms with Crippen molar-refractivity contribution in [2.24, 2.45) is 0 Å². The molecule has 0 spiro atoms. The third kappa shape index (κ3) is 3.86. The van der Waals surface area contributed by atoms with Crippen LogP contribution in [0.4, 0.5) is 17.1 Å². The van der Waals surface area contributed by atoms with Gasteiger partial charge in [0.15, 0.2) is 0 Å². The van der Waals surface area contributed by atoms with Crippen LogP contribution in [0.25, 0.3) is 0 Å². The first-order valence-corrected chi connectivity index (χ1v) is 8.61. The third-order valence-corrected chi connectivity index (χ3v) is 4.50. The van der Waals surface area contributed by atoms with Gasteiger partial charge in [0.2, 0.25) is 5.91 Å². The molecule has 0 unspecified atom stereocenters. The number of aryl methyl sites for hydroxylation is 1. The van der Waals surface area contributed by atoms with E-state index in [9.17, 15) is 14.4 Å². The van der Waals surface area contributed by atoms with Gasteiger partial charge in [-0.15, -0.1) is 0 Å². The molecule has 2 aromatic carbocycles. The van der Waals surface area contributed by atoms with Gasteiger partial charge in [0, 0.05) is 24.8 Å². The van der Waals surface area contributed by atoms with E-state index in [0.29, 0.717) is 22.9 Å². The first-order chi connectivity index (χ1) is 12.5. The molecule has 26 heavy (non-hydrogen) atoms. The van der Waals surface area contributed by atoms with Gasteiger partial charge in [-0.05, 0) is 42.7 Å². The van der Waals surface area contributed by atoms with Crippen LogP contribution in [0, 0.1) is 0 Å². The lowest BCUT2D eigenvalue weighted by Crippen LogP contribution is -2.34. The second-order valence-corrected chi connectivity index (χ2v) is 6.41. The lowest BCUT2D eigenvalue weighted by Gasteiger charge is -2.29. The second-order valence-electron chi connectivity index (χ2n) is 6.01. The number of carbonyl (C=O) groups excluding carboxylic acids is 3. The van der Waals surface area contributed by atoms with Crippen molar-refractivity contribution in [2.45, 2.75) is 19.8 Å². The van der Waals surface area contributed by atoms with E-state index < -0.39 is 11.8 Å². The summed E-state index contributed by atoms with van der Waals surface area (Å²) < 4.78 is 0. The Hall–Kier alpha value is -2.86. The van der Waals surface area contributed by atoms with E-state index in [1.165, 1.54) is 6.92 Å². The molecule has 3 amide bonds. The lowest BCUT2D eigenvalue weighted by atomic mass is 10.0. The van der Waals surface area contributed by atoms with Crippen LogP contribution < -0.4 is 15.5 Å². The Kier molecular flexibility index (Phi) is 5.23. The monoisotopic (exact) mass is 371 g/mol. The highest BCUT2D eigenvalue weighted by Gasteiger charge is 2.21. The summed E-state index contributed by atoms with van der Waals surface area (Å²) in [5, 5.41) is 5.38. The molecule has 3 rings (SSSR count). The Labute approximate surface area is 156 Å². The van der Waals surface area contributed by atoms with E-state index in [-0.39, 0.29) is 5.91 Å². The minimum Gasteiger partial charge on any atom is -0.318 e. The number of nitrogens with zero attached hydrogens (tertiary/aromatic N) is 1. The van der Waals surface area contributed by atoms with Gasteiger partial charge >= 0.3 is 11.8 Å². The number of hydrogen-bond donors (Lipinski definition) is 2. The number of fused-ring (bicyclic) bond motifs is 1. The molecule has 1 heterocycles. The first kappa shape index (κ1) is 17.9. The maximum Gasteiger partial charge on any atom is 0.314 e. The molecular formula is C19H18ClN3O3. The number of para-hydroxylation sites is 1. The Bertz CT molecular complexity index is 882. The molecule has 7 heteroatoms. The van der Waals surface area contributed by atoms with E-state index in [4.69, 9.17) is 11.6 Å². The topological polar surface area (TPSA) is 78.5 Å². The molecule has 0 bridgehead atoms. The molecule has 0 saturated heterocycles. The first-order valence-electron chi connectivity index (χ1n) is 8.23. The molecule has 0 aliphatic carbocycles. The van der Waals surface area contributed by atoms with Gasteiger partial charge in [-0.1, -0.05) is 29.8 Å². The Morgan fingerprint density at radius 2 is 1.77 bits per heavy atom. The predicted octanol–water partition coefficient (Wildman–Crippen LogP) is 3.22. The molecule has 2 N–H and O–H groups in total. The molecular weight excluding hydrogens is 354 g/mol. The normalized spacial score (nSPS) is 12.9. The summed E-state index contributed by atoms with van der Waals surface area (Å²) in [4.78, 5) is 37.7. The van der Waals surface area contributed by atoms with Crippen LogP contribution in [-0.4, -0.2) is 24.3 Å². The quantitative estimate of drug-likeness (QED) is 0.795. The summed E-state index contributed by atoms with van der Waals surface area (Å²) in [6, 6.07) is 12.0. The summed E-state index contributed by atoms with van der Waals surface area (Å²) in [5.74, 6) is -1.68. The fourth-order valence-corrected chi connectivity index (χ4v) is 3.09. The number of nitrogens with one attached hydrogen (secondary N) is 2. The molecule has 0 atom stereocenters. The van der Waals surface area contributed by atoms with Crippen molar-refractivity contribution >= 4 is 46.4 Å². The van der Waals surface area contributed by atoms with Crippen LogP contribution in [0.3, 0.4) is 0 Å². The fraction of sp³-hybridized carbons (Fsp3) is 0.211.